The van der Waals surface area contributed by atoms with Gasteiger partial charge in [-0.05, 0) is 17.7 Å². The van der Waals surface area contributed by atoms with E-state index >= 15 is 0 Å². The van der Waals surface area contributed by atoms with Crippen molar-refractivity contribution >= 4 is 5.78 Å². The molecule has 0 unspecified atom stereocenters. The maximum absolute atomic E-state index is 13.4. The summed E-state index contributed by atoms with van der Waals surface area (Å²) in [7, 11) is 1.47. The lowest BCUT2D eigenvalue weighted by molar-refractivity contribution is 0.0984. The van der Waals surface area contributed by atoms with Crippen molar-refractivity contribution in [1.82, 2.24) is 4.98 Å². The molecule has 0 saturated carbocycles. The number of aromatic nitrogens is 1. The second kappa shape index (κ2) is 5.56. The third kappa shape index (κ3) is 2.93. The molecule has 19 heavy (non-hydrogen) atoms. The highest BCUT2D eigenvalue weighted by molar-refractivity contribution is 5.97. The zero-order chi connectivity index (χ0) is 13.8. The average molecular weight is 263 g/mol. The number of nitrogens with zero attached hydrogens (tertiary/aromatic N) is 1. The first kappa shape index (κ1) is 13.1. The van der Waals surface area contributed by atoms with Crippen molar-refractivity contribution in [1.29, 1.82) is 0 Å². The molecule has 0 atom stereocenters. The maximum Gasteiger partial charge on any atom is 0.212 e. The van der Waals surface area contributed by atoms with E-state index in [2.05, 4.69) is 4.98 Å². The fourth-order valence-corrected chi connectivity index (χ4v) is 1.67. The molecule has 0 aliphatic carbocycles. The van der Waals surface area contributed by atoms with Crippen molar-refractivity contribution in [2.45, 2.75) is 6.42 Å². The van der Waals surface area contributed by atoms with Gasteiger partial charge in [0, 0.05) is 18.7 Å². The van der Waals surface area contributed by atoms with E-state index in [9.17, 15) is 13.6 Å². The van der Waals surface area contributed by atoms with Crippen LogP contribution >= 0.6 is 0 Å². The van der Waals surface area contributed by atoms with Gasteiger partial charge in [0.25, 0.3) is 0 Å². The Hall–Kier alpha value is -2.30. The number of ketones is 1. The van der Waals surface area contributed by atoms with Gasteiger partial charge in [-0.3, -0.25) is 4.79 Å². The van der Waals surface area contributed by atoms with Crippen LogP contribution in [0.1, 0.15) is 15.9 Å². The minimum Gasteiger partial charge on any atom is -0.481 e. The number of methoxy groups -OCH3 is 1. The molecule has 1 aromatic heterocycles. The third-order valence-corrected chi connectivity index (χ3v) is 2.61. The number of hydrogen-bond donors (Lipinski definition) is 0. The van der Waals surface area contributed by atoms with Crippen molar-refractivity contribution < 1.29 is 18.3 Å². The van der Waals surface area contributed by atoms with Crippen LogP contribution in [0, 0.1) is 11.6 Å². The summed E-state index contributed by atoms with van der Waals surface area (Å²) in [5.74, 6) is -1.92. The van der Waals surface area contributed by atoms with Gasteiger partial charge in [0.1, 0.15) is 11.6 Å². The first-order valence-electron chi connectivity index (χ1n) is 5.58. The second-order valence-electron chi connectivity index (χ2n) is 3.91. The molecule has 1 heterocycles. The number of ether oxygens (including phenoxy) is 1. The number of benzene rings is 1. The van der Waals surface area contributed by atoms with Gasteiger partial charge in [0.2, 0.25) is 5.88 Å². The van der Waals surface area contributed by atoms with Gasteiger partial charge in [0.05, 0.1) is 12.7 Å². The van der Waals surface area contributed by atoms with Crippen molar-refractivity contribution in [3.63, 3.8) is 0 Å². The number of carbonyl (C=O) groups excluding carboxylic acids is 1. The van der Waals surface area contributed by atoms with Crippen LogP contribution in [0.25, 0.3) is 0 Å². The molecule has 0 N–H and O–H groups in total. The Morgan fingerprint density at radius 3 is 2.42 bits per heavy atom. The minimum atomic E-state index is -0.855. The maximum atomic E-state index is 13.4. The summed E-state index contributed by atoms with van der Waals surface area (Å²) in [6, 6.07) is 6.55. The van der Waals surface area contributed by atoms with E-state index in [1.165, 1.54) is 19.4 Å². The SMILES string of the molecule is COc1ccc(CC(=O)c2c(F)cccc2F)cn1. The lowest BCUT2D eigenvalue weighted by atomic mass is 10.0. The first-order valence-corrected chi connectivity index (χ1v) is 5.58. The van der Waals surface area contributed by atoms with Crippen molar-refractivity contribution in [2.24, 2.45) is 0 Å². The first-order chi connectivity index (χ1) is 9.11. The van der Waals surface area contributed by atoms with Gasteiger partial charge in [0.15, 0.2) is 5.78 Å². The molecule has 0 radical (unpaired) electrons. The Bertz CT molecular complexity index is 577. The van der Waals surface area contributed by atoms with Gasteiger partial charge >= 0.3 is 0 Å². The third-order valence-electron chi connectivity index (χ3n) is 2.61. The van der Waals surface area contributed by atoms with E-state index in [0.717, 1.165) is 12.1 Å². The summed E-state index contributed by atoms with van der Waals surface area (Å²) in [4.78, 5) is 15.8. The lowest BCUT2D eigenvalue weighted by Crippen LogP contribution is -2.09. The molecular weight excluding hydrogens is 252 g/mol. The Morgan fingerprint density at radius 1 is 1.21 bits per heavy atom. The van der Waals surface area contributed by atoms with Crippen LogP contribution in [0.4, 0.5) is 8.78 Å². The van der Waals surface area contributed by atoms with Crippen LogP contribution in [-0.2, 0) is 6.42 Å². The van der Waals surface area contributed by atoms with Crippen LogP contribution in [-0.4, -0.2) is 17.9 Å². The van der Waals surface area contributed by atoms with Gasteiger partial charge in [-0.2, -0.15) is 0 Å². The normalized spacial score (nSPS) is 10.3. The molecule has 0 amide bonds. The average Bonchev–Trinajstić information content (AvgIpc) is 2.39. The Balaban J connectivity index is 2.21. The standard InChI is InChI=1S/C14H11F2NO2/c1-19-13-6-5-9(8-17-13)7-12(18)14-10(15)3-2-4-11(14)16/h2-6,8H,7H2,1H3. The number of rotatable bonds is 4. The number of halogens is 2. The van der Waals surface area contributed by atoms with Crippen LogP contribution in [0.15, 0.2) is 36.5 Å². The fourth-order valence-electron chi connectivity index (χ4n) is 1.67. The van der Waals surface area contributed by atoms with E-state index in [1.54, 1.807) is 12.1 Å². The fraction of sp³-hybridized carbons (Fsp3) is 0.143. The Morgan fingerprint density at radius 2 is 1.89 bits per heavy atom. The molecule has 2 aromatic rings. The van der Waals surface area contributed by atoms with Crippen LogP contribution in [0.5, 0.6) is 5.88 Å². The highest BCUT2D eigenvalue weighted by Crippen LogP contribution is 2.16. The predicted molar refractivity (Wildman–Crippen MR) is 65.2 cm³/mol. The summed E-state index contributed by atoms with van der Waals surface area (Å²) >= 11 is 0. The molecule has 0 spiro atoms. The number of pyridine rings is 1. The molecular formula is C14H11F2NO2. The van der Waals surface area contributed by atoms with Crippen LogP contribution in [0.2, 0.25) is 0 Å². The second-order valence-corrected chi connectivity index (χ2v) is 3.91. The number of Topliss-reactive ketones (excluding diaryl/α,β-unsaturated/α-hetero) is 1. The van der Waals surface area contributed by atoms with E-state index in [4.69, 9.17) is 4.74 Å². The molecule has 1 aromatic carbocycles. The van der Waals surface area contributed by atoms with Crippen molar-refractivity contribution in [3.8, 4) is 5.88 Å². The highest BCUT2D eigenvalue weighted by Gasteiger charge is 2.17. The van der Waals surface area contributed by atoms with E-state index < -0.39 is 23.0 Å². The molecule has 3 nitrogen and oxygen atoms in total. The van der Waals surface area contributed by atoms with E-state index in [-0.39, 0.29) is 6.42 Å². The summed E-state index contributed by atoms with van der Waals surface area (Å²) in [5.41, 5.74) is 0.0479. The molecule has 98 valence electrons. The summed E-state index contributed by atoms with van der Waals surface area (Å²) in [5, 5.41) is 0. The summed E-state index contributed by atoms with van der Waals surface area (Å²) < 4.78 is 31.7. The predicted octanol–water partition coefficient (Wildman–Crippen LogP) is 2.79. The Labute approximate surface area is 108 Å². The molecule has 0 fully saturated rings. The van der Waals surface area contributed by atoms with E-state index in [0.29, 0.717) is 11.4 Å². The van der Waals surface area contributed by atoms with Gasteiger partial charge < -0.3 is 4.74 Å². The smallest absolute Gasteiger partial charge is 0.212 e. The molecule has 0 aliphatic heterocycles. The molecule has 0 aliphatic rings. The molecule has 2 rings (SSSR count). The van der Waals surface area contributed by atoms with Gasteiger partial charge in [-0.25, -0.2) is 13.8 Å². The number of hydrogen-bond acceptors (Lipinski definition) is 3. The summed E-state index contributed by atoms with van der Waals surface area (Å²) in [6.07, 6.45) is 1.32. The van der Waals surface area contributed by atoms with E-state index in [1.807, 2.05) is 0 Å². The topological polar surface area (TPSA) is 39.2 Å². The highest BCUT2D eigenvalue weighted by atomic mass is 19.1. The van der Waals surface area contributed by atoms with Crippen molar-refractivity contribution in [2.75, 3.05) is 7.11 Å². The largest absolute Gasteiger partial charge is 0.481 e. The minimum absolute atomic E-state index is 0.116. The lowest BCUT2D eigenvalue weighted by Gasteiger charge is -2.05. The van der Waals surface area contributed by atoms with Gasteiger partial charge in [-0.1, -0.05) is 12.1 Å². The molecule has 5 heteroatoms. The zero-order valence-electron chi connectivity index (χ0n) is 10.2. The van der Waals surface area contributed by atoms with Gasteiger partial charge in [-0.15, -0.1) is 0 Å². The monoisotopic (exact) mass is 263 g/mol. The zero-order valence-corrected chi connectivity index (χ0v) is 10.2. The van der Waals surface area contributed by atoms with Crippen LogP contribution < -0.4 is 4.74 Å². The quantitative estimate of drug-likeness (QED) is 0.796. The summed E-state index contributed by atoms with van der Waals surface area (Å²) in [6.45, 7) is 0. The van der Waals surface area contributed by atoms with Crippen LogP contribution in [0.3, 0.4) is 0 Å². The number of carbonyl (C=O) groups is 1. The molecule has 0 saturated heterocycles. The van der Waals surface area contributed by atoms with Crippen molar-refractivity contribution in [3.05, 3.63) is 59.3 Å². The Kier molecular flexibility index (Phi) is 3.85. The molecule has 0 bridgehead atoms.